The summed E-state index contributed by atoms with van der Waals surface area (Å²) in [6.45, 7) is 7.06. The topological polar surface area (TPSA) is 125 Å². The first-order chi connectivity index (χ1) is 21.8. The van der Waals surface area contributed by atoms with Gasteiger partial charge in [-0.05, 0) is 90.6 Å². The maximum Gasteiger partial charge on any atom is 0.217 e. The van der Waals surface area contributed by atoms with Gasteiger partial charge in [0.05, 0.1) is 0 Å². The second kappa shape index (κ2) is 11.3. The molecule has 0 saturated heterocycles. The zero-order valence-corrected chi connectivity index (χ0v) is 25.2. The first kappa shape index (κ1) is 28.5. The van der Waals surface area contributed by atoms with Gasteiger partial charge in [-0.1, -0.05) is 36.4 Å². The fraction of sp³-hybridized carbons (Fsp3) is 0.250. The molecular formula is C36H33N3O6. The maximum absolute atomic E-state index is 10.1. The summed E-state index contributed by atoms with van der Waals surface area (Å²) in [4.78, 5) is 14.9. The van der Waals surface area contributed by atoms with E-state index in [-0.39, 0.29) is 35.4 Å². The predicted molar refractivity (Wildman–Crippen MR) is 171 cm³/mol. The fourth-order valence-corrected chi connectivity index (χ4v) is 6.42. The monoisotopic (exact) mass is 603 g/mol. The Hall–Kier alpha value is -5.31. The van der Waals surface area contributed by atoms with Crippen LogP contribution in [0, 0.1) is 20.8 Å². The first-order valence-electron chi connectivity index (χ1n) is 14.9. The minimum atomic E-state index is -0.274. The van der Waals surface area contributed by atoms with Gasteiger partial charge >= 0.3 is 0 Å². The van der Waals surface area contributed by atoms with Crippen LogP contribution in [0.3, 0.4) is 0 Å². The summed E-state index contributed by atoms with van der Waals surface area (Å²) in [5.74, 6) is 2.02. The standard InChI is InChI=1S/C36H33N3O6/c1-19-31(34-37-28(16-43-34)22-7-4-10-25(40)13-22)20(2)33(36-39-30(18-45-36)24-9-6-12-27(42)15-24)21(3)32(19)35-38-29(17-44-35)23-8-5-11-26(41)14-23/h4-15,28-30,40-42H,16-18H2,1-3H3. The molecule has 0 bridgehead atoms. The minimum absolute atomic E-state index is 0.179. The number of benzene rings is 4. The van der Waals surface area contributed by atoms with Crippen LogP contribution in [0.25, 0.3) is 0 Å². The number of aliphatic imine (C=N–C) groups is 3. The van der Waals surface area contributed by atoms with Crippen LogP contribution in [-0.2, 0) is 14.2 Å². The van der Waals surface area contributed by atoms with Gasteiger partial charge in [0.15, 0.2) is 0 Å². The molecule has 3 aliphatic heterocycles. The second-order valence-corrected chi connectivity index (χ2v) is 11.6. The number of hydrogen-bond acceptors (Lipinski definition) is 9. The van der Waals surface area contributed by atoms with E-state index in [9.17, 15) is 15.3 Å². The highest BCUT2D eigenvalue weighted by Crippen LogP contribution is 2.38. The van der Waals surface area contributed by atoms with Crippen LogP contribution in [0.5, 0.6) is 17.2 Å². The highest BCUT2D eigenvalue weighted by Gasteiger charge is 2.34. The van der Waals surface area contributed by atoms with Gasteiger partial charge in [-0.15, -0.1) is 0 Å². The molecule has 3 N–H and O–H groups in total. The van der Waals surface area contributed by atoms with Gasteiger partial charge in [-0.2, -0.15) is 0 Å². The van der Waals surface area contributed by atoms with E-state index in [2.05, 4.69) is 0 Å². The molecule has 0 saturated carbocycles. The molecule has 7 rings (SSSR count). The summed E-state index contributed by atoms with van der Waals surface area (Å²) < 4.78 is 18.7. The van der Waals surface area contributed by atoms with Gasteiger partial charge in [0.2, 0.25) is 17.7 Å². The molecule has 4 aromatic rings. The number of rotatable bonds is 6. The molecule has 3 heterocycles. The van der Waals surface area contributed by atoms with E-state index in [0.717, 1.165) is 50.1 Å². The van der Waals surface area contributed by atoms with Crippen LogP contribution in [0.2, 0.25) is 0 Å². The molecule has 3 aliphatic rings. The molecule has 3 atom stereocenters. The van der Waals surface area contributed by atoms with Gasteiger partial charge in [0, 0.05) is 16.7 Å². The van der Waals surface area contributed by atoms with Crippen LogP contribution in [-0.4, -0.2) is 52.8 Å². The van der Waals surface area contributed by atoms with E-state index < -0.39 is 0 Å². The van der Waals surface area contributed by atoms with Crippen LogP contribution >= 0.6 is 0 Å². The second-order valence-electron chi connectivity index (χ2n) is 11.6. The van der Waals surface area contributed by atoms with Crippen LogP contribution in [0.4, 0.5) is 0 Å². The lowest BCUT2D eigenvalue weighted by Crippen LogP contribution is -2.19. The summed E-state index contributed by atoms with van der Waals surface area (Å²) in [7, 11) is 0. The average molecular weight is 604 g/mol. The molecule has 0 fully saturated rings. The highest BCUT2D eigenvalue weighted by atomic mass is 16.5. The molecule has 45 heavy (non-hydrogen) atoms. The van der Waals surface area contributed by atoms with Gasteiger partial charge in [-0.3, -0.25) is 0 Å². The quantitative estimate of drug-likeness (QED) is 0.238. The summed E-state index contributed by atoms with van der Waals surface area (Å²) in [6.07, 6.45) is 0. The van der Waals surface area contributed by atoms with Gasteiger partial charge < -0.3 is 29.5 Å². The Morgan fingerprint density at radius 2 is 0.778 bits per heavy atom. The number of phenolic OH excluding ortho intramolecular Hbond substituents is 3. The molecule has 0 aromatic heterocycles. The molecule has 0 amide bonds. The first-order valence-corrected chi connectivity index (χ1v) is 14.9. The number of hydrogen-bond donors (Lipinski definition) is 3. The highest BCUT2D eigenvalue weighted by molar-refractivity contribution is 6.10. The van der Waals surface area contributed by atoms with E-state index in [1.54, 1.807) is 54.6 Å². The van der Waals surface area contributed by atoms with Crippen molar-refractivity contribution >= 4 is 17.7 Å². The van der Waals surface area contributed by atoms with E-state index in [0.29, 0.717) is 37.5 Å². The van der Waals surface area contributed by atoms with Crippen LogP contribution < -0.4 is 0 Å². The molecular weight excluding hydrogens is 570 g/mol. The smallest absolute Gasteiger partial charge is 0.217 e. The van der Waals surface area contributed by atoms with E-state index in [1.807, 2.05) is 39.0 Å². The zero-order chi connectivity index (χ0) is 31.2. The predicted octanol–water partition coefficient (Wildman–Crippen LogP) is 6.28. The molecule has 228 valence electrons. The van der Waals surface area contributed by atoms with Crippen LogP contribution in [0.1, 0.15) is 68.2 Å². The summed E-state index contributed by atoms with van der Waals surface area (Å²) in [5, 5.41) is 30.2. The zero-order valence-electron chi connectivity index (χ0n) is 25.2. The fourth-order valence-electron chi connectivity index (χ4n) is 6.42. The van der Waals surface area contributed by atoms with Crippen molar-refractivity contribution in [2.45, 2.75) is 38.9 Å². The van der Waals surface area contributed by atoms with E-state index >= 15 is 0 Å². The Morgan fingerprint density at radius 3 is 1.04 bits per heavy atom. The van der Waals surface area contributed by atoms with E-state index in [4.69, 9.17) is 29.2 Å². The maximum atomic E-state index is 10.1. The Labute approximate surface area is 260 Å². The molecule has 0 aliphatic carbocycles. The van der Waals surface area contributed by atoms with Crippen molar-refractivity contribution in [3.8, 4) is 17.2 Å². The summed E-state index contributed by atoms with van der Waals surface area (Å²) in [6, 6.07) is 20.4. The van der Waals surface area contributed by atoms with E-state index in [1.165, 1.54) is 0 Å². The Bertz CT molecular complexity index is 1670. The SMILES string of the molecule is Cc1c(C2=NC(c3cccc(O)c3)CO2)c(C)c(C2=NC(c3cccc(O)c3)CO2)c(C)c1C1=NC(c2cccc(O)c2)CO1. The normalized spacial score (nSPS) is 20.6. The number of aromatic hydroxyl groups is 3. The molecule has 0 radical (unpaired) electrons. The molecule has 9 heteroatoms. The number of phenols is 3. The Kier molecular flexibility index (Phi) is 7.16. The van der Waals surface area contributed by atoms with Gasteiger partial charge in [-0.25, -0.2) is 15.0 Å². The van der Waals surface area contributed by atoms with Crippen molar-refractivity contribution in [2.75, 3.05) is 19.8 Å². The van der Waals surface area contributed by atoms with Crippen molar-refractivity contribution in [2.24, 2.45) is 15.0 Å². The molecule has 4 aromatic carbocycles. The Balaban J connectivity index is 1.36. The van der Waals surface area contributed by atoms with Crippen LogP contribution in [0.15, 0.2) is 87.8 Å². The third kappa shape index (κ3) is 5.24. The molecule has 0 spiro atoms. The van der Waals surface area contributed by atoms with Crippen molar-refractivity contribution in [1.82, 2.24) is 0 Å². The van der Waals surface area contributed by atoms with Crippen molar-refractivity contribution in [3.63, 3.8) is 0 Å². The number of nitrogens with zero attached hydrogens (tertiary/aromatic N) is 3. The largest absolute Gasteiger partial charge is 0.508 e. The lowest BCUT2D eigenvalue weighted by molar-refractivity contribution is 0.317. The summed E-state index contributed by atoms with van der Waals surface area (Å²) in [5.41, 5.74) is 7.74. The van der Waals surface area contributed by atoms with Crippen molar-refractivity contribution < 1.29 is 29.5 Å². The summed E-state index contributed by atoms with van der Waals surface area (Å²) >= 11 is 0. The number of ether oxygens (including phenoxy) is 3. The lowest BCUT2D eigenvalue weighted by Gasteiger charge is -2.21. The minimum Gasteiger partial charge on any atom is -0.508 e. The molecule has 3 unspecified atom stereocenters. The third-order valence-corrected chi connectivity index (χ3v) is 8.61. The molecule has 9 nitrogen and oxygen atoms in total. The van der Waals surface area contributed by atoms with Gasteiger partial charge in [0.1, 0.15) is 55.2 Å². The lowest BCUT2D eigenvalue weighted by atomic mass is 9.87. The van der Waals surface area contributed by atoms with Gasteiger partial charge in [0.25, 0.3) is 0 Å². The van der Waals surface area contributed by atoms with Crippen molar-refractivity contribution in [3.05, 3.63) is 123 Å². The van der Waals surface area contributed by atoms with Crippen molar-refractivity contribution in [1.29, 1.82) is 0 Å². The third-order valence-electron chi connectivity index (χ3n) is 8.61. The average Bonchev–Trinajstić information content (AvgIpc) is 3.80. The Morgan fingerprint density at radius 1 is 0.489 bits per heavy atom.